The first kappa shape index (κ1) is 45.6. The van der Waals surface area contributed by atoms with E-state index in [2.05, 4.69) is 41.7 Å². The van der Waals surface area contributed by atoms with E-state index in [0.717, 1.165) is 5.39 Å². The molecule has 1 amide bonds. The molecule has 8 aromatic rings. The normalized spacial score (nSPS) is 11.7. The second kappa shape index (κ2) is 20.5. The molecule has 0 fully saturated rings. The van der Waals surface area contributed by atoms with Crippen molar-refractivity contribution in [2.24, 2.45) is 30.7 Å². The molecule has 336 valence electrons. The fourth-order valence-electron chi connectivity index (χ4n) is 6.83. The molecule has 0 atom stereocenters. The second-order valence-electron chi connectivity index (χ2n) is 14.6. The maximum Gasteiger partial charge on any atom is 0.275 e. The lowest BCUT2D eigenvalue weighted by Crippen LogP contribution is -2.17. The number of azo groups is 2. The second-order valence-corrected chi connectivity index (χ2v) is 15.4. The topological polar surface area (TPSA) is 251 Å². The molecule has 0 aliphatic heterocycles. The Hall–Kier alpha value is -8.97. The summed E-state index contributed by atoms with van der Waals surface area (Å²) in [6, 6.07) is 39.2. The molecule has 68 heavy (non-hydrogen) atoms. The summed E-state index contributed by atoms with van der Waals surface area (Å²) in [5.74, 6) is -1.40. The van der Waals surface area contributed by atoms with Crippen LogP contribution in [-0.4, -0.2) is 38.4 Å². The lowest BCUT2D eigenvalue weighted by Gasteiger charge is -2.11. The average Bonchev–Trinajstić information content (AvgIpc) is 3.34. The standard InChI is InChI=1S/C48H32Cl2N10O8/c49-40-23-30(15-17-42(40)53-55-44-37-13-3-1-9-32(37)21-34(46(44)61)27-68-58-52-26-29-8-6-12-36(20-29)60(66)67)31-16-18-43(41(50)24-31)54-56-45-38-14-4-2-10-33(38)22-39(47(45)62)48(63)57-51-25-28-7-5-11-35(19-28)59(64)65/h1-26,58,61-62H,27H2,(H,57,63). The van der Waals surface area contributed by atoms with Crippen LogP contribution in [0.3, 0.4) is 0 Å². The van der Waals surface area contributed by atoms with Gasteiger partial charge in [0.25, 0.3) is 17.3 Å². The highest BCUT2D eigenvalue weighted by Crippen LogP contribution is 2.43. The van der Waals surface area contributed by atoms with Gasteiger partial charge in [0, 0.05) is 51.7 Å². The number of hydrazone groups is 2. The molecular weight excluding hydrogens is 915 g/mol. The third kappa shape index (κ3) is 10.4. The number of phenolic OH excluding ortho intramolecular Hbond substituents is 2. The number of nitrogens with one attached hydrogen (secondary N) is 2. The third-order valence-corrected chi connectivity index (χ3v) is 10.8. The maximum absolute atomic E-state index is 13.2. The van der Waals surface area contributed by atoms with Gasteiger partial charge >= 0.3 is 0 Å². The molecule has 0 aliphatic carbocycles. The summed E-state index contributed by atoms with van der Waals surface area (Å²) in [6.45, 7) is -0.125. The summed E-state index contributed by atoms with van der Waals surface area (Å²) in [5, 5.41) is 73.0. The minimum atomic E-state index is -0.762. The molecule has 0 saturated carbocycles. The first-order valence-corrected chi connectivity index (χ1v) is 20.8. The molecule has 8 aromatic carbocycles. The van der Waals surface area contributed by atoms with E-state index in [4.69, 9.17) is 28.0 Å². The summed E-state index contributed by atoms with van der Waals surface area (Å²) >= 11 is 13.4. The van der Waals surface area contributed by atoms with Crippen molar-refractivity contribution in [2.45, 2.75) is 6.61 Å². The first-order chi connectivity index (χ1) is 32.9. The summed E-state index contributed by atoms with van der Waals surface area (Å²) in [5.41, 5.74) is 7.75. The van der Waals surface area contributed by atoms with Crippen LogP contribution >= 0.6 is 23.2 Å². The lowest BCUT2D eigenvalue weighted by atomic mass is 10.0. The molecule has 0 unspecified atom stereocenters. The number of phenols is 2. The maximum atomic E-state index is 13.2. The number of rotatable bonds is 15. The number of nitro groups is 2. The molecule has 0 radical (unpaired) electrons. The number of nitrogens with zero attached hydrogens (tertiary/aromatic N) is 8. The number of hydrogen-bond acceptors (Lipinski definition) is 15. The van der Waals surface area contributed by atoms with Gasteiger partial charge in [0.1, 0.15) is 35.1 Å². The number of aromatic hydroxyl groups is 2. The van der Waals surface area contributed by atoms with Gasteiger partial charge in [-0.15, -0.1) is 20.5 Å². The van der Waals surface area contributed by atoms with Gasteiger partial charge in [0.05, 0.1) is 37.9 Å². The van der Waals surface area contributed by atoms with Crippen LogP contribution in [0.1, 0.15) is 27.0 Å². The van der Waals surface area contributed by atoms with Gasteiger partial charge < -0.3 is 10.2 Å². The Balaban J connectivity index is 0.971. The number of amides is 1. The zero-order valence-corrected chi connectivity index (χ0v) is 36.4. The number of nitro benzene ring substituents is 2. The minimum absolute atomic E-state index is 0.00763. The molecule has 18 nitrogen and oxygen atoms in total. The van der Waals surface area contributed by atoms with Crippen molar-refractivity contribution in [2.75, 3.05) is 0 Å². The zero-order valence-electron chi connectivity index (χ0n) is 34.9. The summed E-state index contributed by atoms with van der Waals surface area (Å²) in [6.07, 6.45) is 2.60. The minimum Gasteiger partial charge on any atom is -0.505 e. The number of fused-ring (bicyclic) bond motifs is 2. The molecule has 20 heteroatoms. The summed E-state index contributed by atoms with van der Waals surface area (Å²) in [7, 11) is 0. The Morgan fingerprint density at radius 3 is 1.66 bits per heavy atom. The van der Waals surface area contributed by atoms with Crippen molar-refractivity contribution >= 4 is 97.2 Å². The van der Waals surface area contributed by atoms with Crippen LogP contribution in [0.25, 0.3) is 32.7 Å². The van der Waals surface area contributed by atoms with Crippen molar-refractivity contribution in [1.29, 1.82) is 0 Å². The molecule has 0 spiro atoms. The molecule has 8 rings (SSSR count). The number of non-ortho nitro benzene ring substituents is 2. The average molecular weight is 948 g/mol. The highest BCUT2D eigenvalue weighted by molar-refractivity contribution is 6.34. The molecule has 0 aliphatic rings. The van der Waals surface area contributed by atoms with E-state index in [9.17, 15) is 35.2 Å². The van der Waals surface area contributed by atoms with Crippen molar-refractivity contribution in [1.82, 2.24) is 11.0 Å². The van der Waals surface area contributed by atoms with Crippen LogP contribution in [0.5, 0.6) is 11.5 Å². The quantitative estimate of drug-likeness (QED) is 0.0250. The van der Waals surface area contributed by atoms with Crippen LogP contribution in [0.2, 0.25) is 10.0 Å². The van der Waals surface area contributed by atoms with E-state index in [1.807, 2.05) is 12.1 Å². The predicted octanol–water partition coefficient (Wildman–Crippen LogP) is 12.8. The van der Waals surface area contributed by atoms with Gasteiger partial charge in [-0.3, -0.25) is 29.9 Å². The smallest absolute Gasteiger partial charge is 0.275 e. The van der Waals surface area contributed by atoms with E-state index >= 15 is 0 Å². The van der Waals surface area contributed by atoms with Crippen LogP contribution in [0.15, 0.2) is 176 Å². The lowest BCUT2D eigenvalue weighted by molar-refractivity contribution is -0.385. The Labute approximate surface area is 394 Å². The van der Waals surface area contributed by atoms with Crippen molar-refractivity contribution in [3.05, 3.63) is 198 Å². The van der Waals surface area contributed by atoms with Crippen LogP contribution in [0.4, 0.5) is 34.1 Å². The van der Waals surface area contributed by atoms with Gasteiger partial charge in [-0.25, -0.2) is 5.43 Å². The Morgan fingerprint density at radius 1 is 0.603 bits per heavy atom. The van der Waals surface area contributed by atoms with Gasteiger partial charge in [-0.2, -0.15) is 15.8 Å². The SMILES string of the molecule is O=C(NN=Cc1cccc([N+](=O)[O-])c1)c1cc2ccccc2c(N=Nc2ccc(-c3ccc(N=Nc4c(O)c(CONN=Cc5cccc([N+](=O)[O-])c5)cc5ccccc45)c(Cl)c3)cc2Cl)c1O. The monoisotopic (exact) mass is 946 g/mol. The molecule has 0 bridgehead atoms. The van der Waals surface area contributed by atoms with Crippen molar-refractivity contribution in [3.63, 3.8) is 0 Å². The van der Waals surface area contributed by atoms with Crippen molar-refractivity contribution in [3.8, 4) is 22.6 Å². The molecule has 0 aromatic heterocycles. The Bertz CT molecular complexity index is 3420. The van der Waals surface area contributed by atoms with E-state index < -0.39 is 21.5 Å². The molecular formula is C48H32Cl2N10O8. The van der Waals surface area contributed by atoms with Crippen molar-refractivity contribution < 1.29 is 29.7 Å². The Kier molecular flexibility index (Phi) is 13.7. The van der Waals surface area contributed by atoms with E-state index in [1.165, 1.54) is 54.9 Å². The van der Waals surface area contributed by atoms with E-state index in [1.54, 1.807) is 91.0 Å². The number of carbonyl (C=O) groups excluding carboxylic acids is 1. The molecule has 4 N–H and O–H groups in total. The van der Waals surface area contributed by atoms with Gasteiger partial charge in [-0.1, -0.05) is 108 Å². The highest BCUT2D eigenvalue weighted by atomic mass is 35.5. The Morgan fingerprint density at radius 2 is 1.12 bits per heavy atom. The first-order valence-electron chi connectivity index (χ1n) is 20.1. The van der Waals surface area contributed by atoms with Crippen LogP contribution in [0, 0.1) is 20.2 Å². The van der Waals surface area contributed by atoms with E-state index in [0.29, 0.717) is 49.7 Å². The third-order valence-electron chi connectivity index (χ3n) is 10.2. The number of hydrogen-bond donors (Lipinski definition) is 4. The van der Waals surface area contributed by atoms with Crippen LogP contribution < -0.4 is 11.0 Å². The van der Waals surface area contributed by atoms with Gasteiger partial charge in [0.2, 0.25) is 0 Å². The molecule has 0 saturated heterocycles. The summed E-state index contributed by atoms with van der Waals surface area (Å²) < 4.78 is 0. The van der Waals surface area contributed by atoms with Gasteiger partial charge in [0.15, 0.2) is 5.75 Å². The fourth-order valence-corrected chi connectivity index (χ4v) is 7.27. The number of halogens is 2. The number of benzene rings is 8. The van der Waals surface area contributed by atoms with E-state index in [-0.39, 0.29) is 56.4 Å². The fraction of sp³-hybridized carbons (Fsp3) is 0.0208. The molecule has 0 heterocycles. The largest absolute Gasteiger partial charge is 0.505 e. The number of carbonyl (C=O) groups is 1. The summed E-state index contributed by atoms with van der Waals surface area (Å²) in [4.78, 5) is 39.8. The predicted molar refractivity (Wildman–Crippen MR) is 258 cm³/mol. The highest BCUT2D eigenvalue weighted by Gasteiger charge is 2.19. The zero-order chi connectivity index (χ0) is 47.7. The van der Waals surface area contributed by atoms with Crippen LogP contribution in [-0.2, 0) is 11.4 Å². The van der Waals surface area contributed by atoms with Gasteiger partial charge in [-0.05, 0) is 58.3 Å².